The molecule has 0 spiro atoms. The van der Waals surface area contributed by atoms with Crippen molar-refractivity contribution in [1.29, 1.82) is 0 Å². The molecule has 0 rings (SSSR count). The van der Waals surface area contributed by atoms with Gasteiger partial charge >= 0.3 is 5.97 Å². The van der Waals surface area contributed by atoms with Crippen LogP contribution < -0.4 is 0 Å². The van der Waals surface area contributed by atoms with Gasteiger partial charge in [-0.25, -0.2) is 0 Å². The van der Waals surface area contributed by atoms with E-state index in [2.05, 4.69) is 9.47 Å². The second-order valence-electron chi connectivity index (χ2n) is 1.30. The standard InChI is InChI=1S/C4H6O6/c5-1-4(8,9-2-6)10-3-7/h2-3,5,8H,1H2. The van der Waals surface area contributed by atoms with Gasteiger partial charge in [0.1, 0.15) is 6.61 Å². The van der Waals surface area contributed by atoms with Crippen LogP contribution in [0.3, 0.4) is 0 Å². The quantitative estimate of drug-likeness (QED) is 0.347. The predicted octanol–water partition coefficient (Wildman–Crippen LogP) is -2.03. The molecule has 0 fully saturated rings. The second kappa shape index (κ2) is 3.80. The van der Waals surface area contributed by atoms with Gasteiger partial charge in [0.25, 0.3) is 12.9 Å². The van der Waals surface area contributed by atoms with E-state index in [1.807, 2.05) is 0 Å². The van der Waals surface area contributed by atoms with E-state index >= 15 is 0 Å². The highest BCUT2D eigenvalue weighted by atomic mass is 16.8. The van der Waals surface area contributed by atoms with Crippen molar-refractivity contribution < 1.29 is 29.3 Å². The largest absolute Gasteiger partial charge is 0.399 e. The Labute approximate surface area is 56.0 Å². The zero-order valence-electron chi connectivity index (χ0n) is 4.89. The summed E-state index contributed by atoms with van der Waals surface area (Å²) in [6.07, 6.45) is 0. The van der Waals surface area contributed by atoms with E-state index in [1.54, 1.807) is 0 Å². The molecule has 0 heterocycles. The Morgan fingerprint density at radius 1 is 1.30 bits per heavy atom. The molecule has 10 heavy (non-hydrogen) atoms. The lowest BCUT2D eigenvalue weighted by Crippen LogP contribution is -2.39. The lowest BCUT2D eigenvalue weighted by Gasteiger charge is -2.19. The van der Waals surface area contributed by atoms with Crippen molar-refractivity contribution >= 4 is 12.9 Å². The fourth-order valence-electron chi connectivity index (χ4n) is 0.253. The van der Waals surface area contributed by atoms with Gasteiger partial charge in [-0.2, -0.15) is 0 Å². The smallest absolute Gasteiger partial charge is 0.397 e. The van der Waals surface area contributed by atoms with Crippen LogP contribution in [0.1, 0.15) is 0 Å². The molecule has 0 saturated heterocycles. The van der Waals surface area contributed by atoms with Crippen molar-refractivity contribution in [2.45, 2.75) is 5.97 Å². The van der Waals surface area contributed by atoms with Crippen molar-refractivity contribution in [2.24, 2.45) is 0 Å². The molecule has 0 aliphatic heterocycles. The molecule has 0 aliphatic rings. The summed E-state index contributed by atoms with van der Waals surface area (Å²) in [4.78, 5) is 19.1. The normalized spacial score (nSPS) is 10.2. The average Bonchev–Trinajstić information content (AvgIpc) is 1.89. The highest BCUT2D eigenvalue weighted by molar-refractivity contribution is 5.40. The third-order valence-corrected chi connectivity index (χ3v) is 0.664. The Bertz CT molecular complexity index is 111. The number of carbonyl (C=O) groups excluding carboxylic acids is 2. The summed E-state index contributed by atoms with van der Waals surface area (Å²) in [5, 5.41) is 16.9. The molecule has 0 radical (unpaired) electrons. The minimum absolute atomic E-state index is 0.153. The van der Waals surface area contributed by atoms with E-state index in [0.29, 0.717) is 0 Å². The first-order chi connectivity index (χ1) is 4.68. The fraction of sp³-hybridized carbons (Fsp3) is 0.500. The van der Waals surface area contributed by atoms with Crippen molar-refractivity contribution in [3.8, 4) is 0 Å². The predicted molar refractivity (Wildman–Crippen MR) is 26.3 cm³/mol. The van der Waals surface area contributed by atoms with Gasteiger partial charge in [-0.1, -0.05) is 0 Å². The number of aliphatic hydroxyl groups is 2. The van der Waals surface area contributed by atoms with Gasteiger partial charge in [-0.15, -0.1) is 0 Å². The van der Waals surface area contributed by atoms with E-state index in [1.165, 1.54) is 0 Å². The van der Waals surface area contributed by atoms with Crippen molar-refractivity contribution in [3.63, 3.8) is 0 Å². The Hall–Kier alpha value is -1.14. The van der Waals surface area contributed by atoms with Crippen LogP contribution >= 0.6 is 0 Å². The molecule has 2 N–H and O–H groups in total. The lowest BCUT2D eigenvalue weighted by atomic mass is 10.6. The first-order valence-electron chi connectivity index (χ1n) is 2.24. The summed E-state index contributed by atoms with van der Waals surface area (Å²) in [7, 11) is 0. The number of aliphatic hydroxyl groups excluding tert-OH is 1. The van der Waals surface area contributed by atoms with Crippen LogP contribution in [0.2, 0.25) is 0 Å². The molecule has 6 nitrogen and oxygen atoms in total. The van der Waals surface area contributed by atoms with Gasteiger partial charge in [0, 0.05) is 0 Å². The zero-order valence-corrected chi connectivity index (χ0v) is 4.89. The van der Waals surface area contributed by atoms with E-state index in [0.717, 1.165) is 0 Å². The second-order valence-corrected chi connectivity index (χ2v) is 1.30. The summed E-state index contributed by atoms with van der Waals surface area (Å²) >= 11 is 0. The molecule has 0 aromatic carbocycles. The van der Waals surface area contributed by atoms with E-state index in [-0.39, 0.29) is 12.9 Å². The molecule has 0 unspecified atom stereocenters. The minimum atomic E-state index is -2.54. The van der Waals surface area contributed by atoms with Gasteiger partial charge < -0.3 is 19.7 Å². The molecule has 0 amide bonds. The fourth-order valence-corrected chi connectivity index (χ4v) is 0.253. The molecule has 0 atom stereocenters. The third-order valence-electron chi connectivity index (χ3n) is 0.664. The Balaban J connectivity index is 3.92. The Kier molecular flexibility index (Phi) is 3.37. The topological polar surface area (TPSA) is 93.1 Å². The highest BCUT2D eigenvalue weighted by Crippen LogP contribution is 2.03. The van der Waals surface area contributed by atoms with Gasteiger partial charge in [0.15, 0.2) is 0 Å². The number of rotatable bonds is 5. The summed E-state index contributed by atoms with van der Waals surface area (Å²) < 4.78 is 7.58. The van der Waals surface area contributed by atoms with Crippen molar-refractivity contribution in [3.05, 3.63) is 0 Å². The number of carbonyl (C=O) groups is 2. The Morgan fingerprint density at radius 3 is 1.90 bits per heavy atom. The van der Waals surface area contributed by atoms with Gasteiger partial charge in [0.05, 0.1) is 0 Å². The van der Waals surface area contributed by atoms with Crippen LogP contribution in [0.25, 0.3) is 0 Å². The van der Waals surface area contributed by atoms with Crippen LogP contribution in [-0.2, 0) is 19.1 Å². The molecule has 6 heteroatoms. The average molecular weight is 150 g/mol. The summed E-state index contributed by atoms with van der Waals surface area (Å²) in [5.41, 5.74) is 0. The van der Waals surface area contributed by atoms with E-state index in [9.17, 15) is 9.59 Å². The molecule has 58 valence electrons. The van der Waals surface area contributed by atoms with E-state index in [4.69, 9.17) is 10.2 Å². The number of ether oxygens (including phenoxy) is 2. The number of hydrogen-bond donors (Lipinski definition) is 2. The third kappa shape index (κ3) is 2.42. The molecule has 0 aromatic heterocycles. The Morgan fingerprint density at radius 2 is 1.70 bits per heavy atom. The maximum absolute atomic E-state index is 9.56. The SMILES string of the molecule is O=COC(O)(CO)OC=O. The lowest BCUT2D eigenvalue weighted by molar-refractivity contribution is -0.326. The minimum Gasteiger partial charge on any atom is -0.399 e. The van der Waals surface area contributed by atoms with Crippen LogP contribution in [-0.4, -0.2) is 35.7 Å². The molecular weight excluding hydrogens is 144 g/mol. The number of hydrogen-bond acceptors (Lipinski definition) is 6. The zero-order chi connectivity index (χ0) is 8.04. The summed E-state index contributed by atoms with van der Waals surface area (Å²) in [6, 6.07) is 0. The van der Waals surface area contributed by atoms with E-state index < -0.39 is 12.6 Å². The molecule has 0 saturated carbocycles. The molecular formula is C4H6O6. The first-order valence-corrected chi connectivity index (χ1v) is 2.24. The summed E-state index contributed by atoms with van der Waals surface area (Å²) in [5.74, 6) is -2.54. The van der Waals surface area contributed by atoms with Crippen LogP contribution in [0.15, 0.2) is 0 Å². The summed E-state index contributed by atoms with van der Waals surface area (Å²) in [6.45, 7) is -1.32. The highest BCUT2D eigenvalue weighted by Gasteiger charge is 2.29. The molecule has 0 aromatic rings. The van der Waals surface area contributed by atoms with Gasteiger partial charge in [-0.3, -0.25) is 9.59 Å². The van der Waals surface area contributed by atoms with Gasteiger partial charge in [0.2, 0.25) is 0 Å². The maximum Gasteiger partial charge on any atom is 0.397 e. The van der Waals surface area contributed by atoms with Crippen LogP contribution in [0, 0.1) is 0 Å². The van der Waals surface area contributed by atoms with Crippen molar-refractivity contribution in [1.82, 2.24) is 0 Å². The molecule has 0 aliphatic carbocycles. The van der Waals surface area contributed by atoms with Crippen LogP contribution in [0.5, 0.6) is 0 Å². The monoisotopic (exact) mass is 150 g/mol. The van der Waals surface area contributed by atoms with Crippen molar-refractivity contribution in [2.75, 3.05) is 6.61 Å². The van der Waals surface area contributed by atoms with Crippen LogP contribution in [0.4, 0.5) is 0 Å². The maximum atomic E-state index is 9.56. The van der Waals surface area contributed by atoms with Gasteiger partial charge in [-0.05, 0) is 0 Å². The molecule has 0 bridgehead atoms. The first kappa shape index (κ1) is 8.86.